The number of hydrogen-bond donors (Lipinski definition) is 1. The topological polar surface area (TPSA) is 21.3 Å². The molecule has 1 N–H and O–H groups in total. The van der Waals surface area contributed by atoms with Gasteiger partial charge in [0.2, 0.25) is 0 Å². The molecular weight excluding hydrogens is 206 g/mol. The highest BCUT2D eigenvalue weighted by atomic mass is 32.1. The lowest BCUT2D eigenvalue weighted by Crippen LogP contribution is -2.32. The van der Waals surface area contributed by atoms with Gasteiger partial charge in [-0.05, 0) is 28.8 Å². The molecule has 0 saturated heterocycles. The molecule has 1 heterocycles. The monoisotopic (exact) mass is 227 g/mol. The lowest BCUT2D eigenvalue weighted by atomic mass is 10.1. The van der Waals surface area contributed by atoms with Crippen molar-refractivity contribution in [3.05, 3.63) is 22.4 Å². The van der Waals surface area contributed by atoms with E-state index >= 15 is 0 Å². The van der Waals surface area contributed by atoms with Crippen molar-refractivity contribution in [1.82, 2.24) is 5.32 Å². The molecule has 0 amide bonds. The van der Waals surface area contributed by atoms with E-state index in [9.17, 15) is 0 Å². The van der Waals surface area contributed by atoms with Gasteiger partial charge in [-0.1, -0.05) is 19.8 Å². The Bertz CT molecular complexity index is 236. The Balaban J connectivity index is 2.24. The predicted octanol–water partition coefficient (Wildman–Crippen LogP) is 3.04. The molecule has 1 aromatic heterocycles. The van der Waals surface area contributed by atoms with Gasteiger partial charge < -0.3 is 10.1 Å². The summed E-state index contributed by atoms with van der Waals surface area (Å²) in [6.45, 7) is 3.99. The number of nitrogens with one attached hydrogen (secondary N) is 1. The first-order valence-corrected chi connectivity index (χ1v) is 6.54. The zero-order valence-electron chi connectivity index (χ0n) is 9.66. The van der Waals surface area contributed by atoms with Gasteiger partial charge >= 0.3 is 0 Å². The van der Waals surface area contributed by atoms with Crippen molar-refractivity contribution in [3.63, 3.8) is 0 Å². The first-order chi connectivity index (χ1) is 7.36. The van der Waals surface area contributed by atoms with Gasteiger partial charge in [-0.15, -0.1) is 0 Å². The van der Waals surface area contributed by atoms with Crippen molar-refractivity contribution in [2.24, 2.45) is 0 Å². The Labute approximate surface area is 96.7 Å². The molecule has 0 fully saturated rings. The average Bonchev–Trinajstić information content (AvgIpc) is 2.75. The summed E-state index contributed by atoms with van der Waals surface area (Å²) in [4.78, 5) is 0. The van der Waals surface area contributed by atoms with Crippen molar-refractivity contribution in [1.29, 1.82) is 0 Å². The van der Waals surface area contributed by atoms with E-state index in [1.165, 1.54) is 24.8 Å². The number of rotatable bonds is 8. The maximum Gasteiger partial charge on any atom is 0.0615 e. The molecular formula is C12H21NOS. The molecule has 1 aromatic rings. The molecule has 1 rings (SSSR count). The van der Waals surface area contributed by atoms with Crippen LogP contribution in [0.4, 0.5) is 0 Å². The van der Waals surface area contributed by atoms with Crippen molar-refractivity contribution >= 4 is 11.3 Å². The minimum absolute atomic E-state index is 0.495. The second-order valence-electron chi connectivity index (χ2n) is 3.81. The Hall–Kier alpha value is -0.380. The fourth-order valence-corrected chi connectivity index (χ4v) is 2.22. The van der Waals surface area contributed by atoms with Crippen LogP contribution in [0.2, 0.25) is 0 Å². The minimum atomic E-state index is 0.495. The number of methoxy groups -OCH3 is 1. The van der Waals surface area contributed by atoms with Crippen LogP contribution in [-0.2, 0) is 11.3 Å². The van der Waals surface area contributed by atoms with Crippen LogP contribution in [0.3, 0.4) is 0 Å². The summed E-state index contributed by atoms with van der Waals surface area (Å²) in [6, 6.07) is 2.66. The van der Waals surface area contributed by atoms with Crippen molar-refractivity contribution in [2.45, 2.75) is 38.8 Å². The van der Waals surface area contributed by atoms with Crippen LogP contribution in [0.5, 0.6) is 0 Å². The second kappa shape index (κ2) is 7.85. The fraction of sp³-hybridized carbons (Fsp3) is 0.667. The maximum atomic E-state index is 5.21. The van der Waals surface area contributed by atoms with E-state index in [0.717, 1.165) is 13.2 Å². The summed E-state index contributed by atoms with van der Waals surface area (Å²) < 4.78 is 5.21. The molecule has 1 atom stereocenters. The van der Waals surface area contributed by atoms with Gasteiger partial charge in [-0.2, -0.15) is 11.3 Å². The quantitative estimate of drug-likeness (QED) is 0.737. The number of thiophene rings is 1. The maximum absolute atomic E-state index is 5.21. The molecule has 0 aliphatic carbocycles. The zero-order valence-corrected chi connectivity index (χ0v) is 10.5. The molecule has 0 bridgehead atoms. The molecule has 0 saturated carbocycles. The van der Waals surface area contributed by atoms with Crippen LogP contribution in [0.25, 0.3) is 0 Å². The van der Waals surface area contributed by atoms with Crippen LogP contribution in [0.15, 0.2) is 16.8 Å². The molecule has 0 aliphatic rings. The molecule has 0 aromatic carbocycles. The Morgan fingerprint density at radius 1 is 1.53 bits per heavy atom. The van der Waals surface area contributed by atoms with Crippen molar-refractivity contribution in [3.8, 4) is 0 Å². The summed E-state index contributed by atoms with van der Waals surface area (Å²) in [6.07, 6.45) is 3.72. The van der Waals surface area contributed by atoms with E-state index in [-0.39, 0.29) is 0 Å². The third-order valence-electron chi connectivity index (χ3n) is 2.45. The predicted molar refractivity (Wildman–Crippen MR) is 66.3 cm³/mol. The third-order valence-corrected chi connectivity index (χ3v) is 3.18. The number of unbranched alkanes of at least 4 members (excludes halogenated alkanes) is 1. The van der Waals surface area contributed by atoms with Gasteiger partial charge in [0.05, 0.1) is 6.61 Å². The first-order valence-electron chi connectivity index (χ1n) is 5.60. The highest BCUT2D eigenvalue weighted by Crippen LogP contribution is 2.07. The van der Waals surface area contributed by atoms with Crippen LogP contribution in [-0.4, -0.2) is 19.8 Å². The highest BCUT2D eigenvalue weighted by Gasteiger charge is 2.06. The summed E-state index contributed by atoms with van der Waals surface area (Å²) in [7, 11) is 1.77. The van der Waals surface area contributed by atoms with Crippen LogP contribution in [0.1, 0.15) is 31.7 Å². The van der Waals surface area contributed by atoms with Gasteiger partial charge in [0, 0.05) is 19.7 Å². The van der Waals surface area contributed by atoms with Gasteiger partial charge in [-0.25, -0.2) is 0 Å². The van der Waals surface area contributed by atoms with Crippen molar-refractivity contribution in [2.75, 3.05) is 13.7 Å². The molecule has 3 heteroatoms. The Kier molecular flexibility index (Phi) is 6.64. The lowest BCUT2D eigenvalue weighted by Gasteiger charge is -2.17. The molecule has 1 unspecified atom stereocenters. The average molecular weight is 227 g/mol. The van der Waals surface area contributed by atoms with E-state index in [1.807, 2.05) is 0 Å². The standard InChI is InChI=1S/C12H21NOS/c1-3-4-5-12(9-14-2)13-8-11-6-7-15-10-11/h6-7,10,12-13H,3-5,8-9H2,1-2H3. The van der Waals surface area contributed by atoms with Crippen molar-refractivity contribution < 1.29 is 4.74 Å². The second-order valence-corrected chi connectivity index (χ2v) is 4.59. The molecule has 2 nitrogen and oxygen atoms in total. The fourth-order valence-electron chi connectivity index (χ4n) is 1.55. The van der Waals surface area contributed by atoms with E-state index < -0.39 is 0 Å². The van der Waals surface area contributed by atoms with E-state index in [1.54, 1.807) is 18.4 Å². The smallest absolute Gasteiger partial charge is 0.0615 e. The lowest BCUT2D eigenvalue weighted by molar-refractivity contribution is 0.160. The zero-order chi connectivity index (χ0) is 10.9. The molecule has 0 spiro atoms. The van der Waals surface area contributed by atoms with Gasteiger partial charge in [0.1, 0.15) is 0 Å². The third kappa shape index (κ3) is 5.30. The van der Waals surface area contributed by atoms with Crippen LogP contribution in [0, 0.1) is 0 Å². The molecule has 86 valence electrons. The summed E-state index contributed by atoms with van der Waals surface area (Å²) in [5.74, 6) is 0. The summed E-state index contributed by atoms with van der Waals surface area (Å²) >= 11 is 1.75. The minimum Gasteiger partial charge on any atom is -0.383 e. The van der Waals surface area contributed by atoms with Gasteiger partial charge in [-0.3, -0.25) is 0 Å². The number of hydrogen-bond acceptors (Lipinski definition) is 3. The SMILES string of the molecule is CCCCC(COC)NCc1ccsc1. The normalized spacial score (nSPS) is 12.9. The van der Waals surface area contributed by atoms with E-state index in [0.29, 0.717) is 6.04 Å². The Morgan fingerprint density at radius 2 is 2.40 bits per heavy atom. The van der Waals surface area contributed by atoms with Crippen LogP contribution < -0.4 is 5.32 Å². The molecule has 0 radical (unpaired) electrons. The Morgan fingerprint density at radius 3 is 3.00 bits per heavy atom. The van der Waals surface area contributed by atoms with Gasteiger partial charge in [0.15, 0.2) is 0 Å². The van der Waals surface area contributed by atoms with E-state index in [2.05, 4.69) is 29.1 Å². The van der Waals surface area contributed by atoms with Crippen LogP contribution >= 0.6 is 11.3 Å². The van der Waals surface area contributed by atoms with Gasteiger partial charge in [0.25, 0.3) is 0 Å². The molecule has 0 aliphatic heterocycles. The highest BCUT2D eigenvalue weighted by molar-refractivity contribution is 7.07. The largest absolute Gasteiger partial charge is 0.383 e. The summed E-state index contributed by atoms with van der Waals surface area (Å²) in [5, 5.41) is 7.85. The number of ether oxygens (including phenoxy) is 1. The summed E-state index contributed by atoms with van der Waals surface area (Å²) in [5.41, 5.74) is 1.37. The molecule has 15 heavy (non-hydrogen) atoms. The van der Waals surface area contributed by atoms with E-state index in [4.69, 9.17) is 4.74 Å². The first kappa shape index (κ1) is 12.7.